The van der Waals surface area contributed by atoms with Gasteiger partial charge in [0.05, 0.1) is 5.69 Å². The number of nitrogens with two attached hydrogens (primary N) is 1. The number of carbonyl (C=O) groups is 1. The Bertz CT molecular complexity index is 313. The van der Waals surface area contributed by atoms with Gasteiger partial charge in [0.2, 0.25) is 0 Å². The zero-order valence-electron chi connectivity index (χ0n) is 7.77. The van der Waals surface area contributed by atoms with E-state index in [2.05, 4.69) is 4.98 Å². The molecule has 0 bridgehead atoms. The highest BCUT2D eigenvalue weighted by Gasteiger charge is 2.11. The molecule has 0 saturated heterocycles. The summed E-state index contributed by atoms with van der Waals surface area (Å²) in [5.74, 6) is 0.793. The first-order chi connectivity index (χ1) is 6.61. The third kappa shape index (κ3) is 3.04. The van der Waals surface area contributed by atoms with Crippen molar-refractivity contribution in [2.24, 2.45) is 5.73 Å². The van der Waals surface area contributed by atoms with Gasteiger partial charge in [0.25, 0.3) is 0 Å². The van der Waals surface area contributed by atoms with Gasteiger partial charge in [-0.3, -0.25) is 4.79 Å². The van der Waals surface area contributed by atoms with Crippen molar-refractivity contribution in [2.45, 2.75) is 18.7 Å². The molecule has 3 N–H and O–H groups in total. The molecule has 0 radical (unpaired) electrons. The number of aryl methyl sites for hydroxylation is 1. The van der Waals surface area contributed by atoms with Gasteiger partial charge in [0.15, 0.2) is 6.39 Å². The molecule has 0 fully saturated rings. The minimum absolute atomic E-state index is 0.377. The fourth-order valence-electron chi connectivity index (χ4n) is 0.821. The lowest BCUT2D eigenvalue weighted by Crippen LogP contribution is -2.32. The van der Waals surface area contributed by atoms with Crippen molar-refractivity contribution in [3.05, 3.63) is 17.8 Å². The fourth-order valence-corrected chi connectivity index (χ4v) is 1.81. The SMILES string of the molecule is Cc1ocnc1CSC[C@H](N)C(=O)O. The highest BCUT2D eigenvalue weighted by atomic mass is 32.2. The lowest BCUT2D eigenvalue weighted by atomic mass is 10.4. The number of nitrogens with zero attached hydrogens (tertiary/aromatic N) is 1. The van der Waals surface area contributed by atoms with Gasteiger partial charge in [-0.2, -0.15) is 11.8 Å². The van der Waals surface area contributed by atoms with E-state index in [4.69, 9.17) is 15.3 Å². The number of aliphatic carboxylic acids is 1. The van der Waals surface area contributed by atoms with Crippen molar-refractivity contribution in [3.63, 3.8) is 0 Å². The van der Waals surface area contributed by atoms with Crippen LogP contribution >= 0.6 is 11.8 Å². The van der Waals surface area contributed by atoms with Crippen LogP contribution in [-0.2, 0) is 10.5 Å². The Morgan fingerprint density at radius 3 is 3.07 bits per heavy atom. The second-order valence-electron chi connectivity index (χ2n) is 2.82. The van der Waals surface area contributed by atoms with Crippen LogP contribution in [0.4, 0.5) is 0 Å². The molecule has 0 saturated carbocycles. The van der Waals surface area contributed by atoms with Gasteiger partial charge in [-0.25, -0.2) is 4.98 Å². The summed E-state index contributed by atoms with van der Waals surface area (Å²) in [5, 5.41) is 8.52. The quantitative estimate of drug-likeness (QED) is 0.750. The lowest BCUT2D eigenvalue weighted by molar-refractivity contribution is -0.137. The molecule has 0 aliphatic heterocycles. The average molecular weight is 216 g/mol. The average Bonchev–Trinajstić information content (AvgIpc) is 2.51. The van der Waals surface area contributed by atoms with Gasteiger partial charge in [-0.1, -0.05) is 0 Å². The summed E-state index contributed by atoms with van der Waals surface area (Å²) in [5.41, 5.74) is 6.17. The molecule has 1 heterocycles. The number of oxazole rings is 1. The van der Waals surface area contributed by atoms with E-state index in [-0.39, 0.29) is 0 Å². The molecule has 1 rings (SSSR count). The van der Waals surface area contributed by atoms with E-state index in [1.165, 1.54) is 18.2 Å². The fraction of sp³-hybridized carbons (Fsp3) is 0.500. The molecule has 0 aromatic carbocycles. The highest BCUT2D eigenvalue weighted by molar-refractivity contribution is 7.98. The second kappa shape index (κ2) is 5.02. The summed E-state index contributed by atoms with van der Waals surface area (Å²) in [6, 6.07) is -0.813. The Hall–Kier alpha value is -1.01. The maximum absolute atomic E-state index is 10.4. The molecule has 0 unspecified atom stereocenters. The second-order valence-corrected chi connectivity index (χ2v) is 3.85. The first-order valence-electron chi connectivity index (χ1n) is 4.06. The maximum atomic E-state index is 10.4. The normalized spacial score (nSPS) is 12.7. The van der Waals surface area contributed by atoms with E-state index >= 15 is 0 Å². The molecule has 1 atom stereocenters. The van der Waals surface area contributed by atoms with Crippen LogP contribution in [-0.4, -0.2) is 27.9 Å². The minimum Gasteiger partial charge on any atom is -0.480 e. The molecule has 5 nitrogen and oxygen atoms in total. The summed E-state index contributed by atoms with van der Waals surface area (Å²) in [4.78, 5) is 14.4. The maximum Gasteiger partial charge on any atom is 0.321 e. The van der Waals surface area contributed by atoms with E-state index < -0.39 is 12.0 Å². The zero-order chi connectivity index (χ0) is 10.6. The summed E-state index contributed by atoms with van der Waals surface area (Å²) >= 11 is 1.43. The van der Waals surface area contributed by atoms with E-state index in [1.54, 1.807) is 0 Å². The summed E-state index contributed by atoms with van der Waals surface area (Å²) in [7, 11) is 0. The van der Waals surface area contributed by atoms with Crippen molar-refractivity contribution >= 4 is 17.7 Å². The summed E-state index contributed by atoms with van der Waals surface area (Å²) < 4.78 is 5.00. The van der Waals surface area contributed by atoms with Gasteiger partial charge in [-0.15, -0.1) is 0 Å². The largest absolute Gasteiger partial charge is 0.480 e. The van der Waals surface area contributed by atoms with Crippen molar-refractivity contribution in [2.75, 3.05) is 5.75 Å². The van der Waals surface area contributed by atoms with Gasteiger partial charge in [0.1, 0.15) is 11.8 Å². The van der Waals surface area contributed by atoms with E-state index in [0.717, 1.165) is 11.5 Å². The molecule has 0 aliphatic carbocycles. The van der Waals surface area contributed by atoms with Crippen LogP contribution in [0.3, 0.4) is 0 Å². The predicted molar refractivity (Wildman–Crippen MR) is 53.0 cm³/mol. The Labute approximate surface area is 85.7 Å². The lowest BCUT2D eigenvalue weighted by Gasteiger charge is -2.04. The molecule has 78 valence electrons. The standard InChI is InChI=1S/C8H12N2O3S/c1-5-7(10-4-13-5)3-14-2-6(9)8(11)12/h4,6H,2-3,9H2,1H3,(H,11,12)/t6-/m0/s1. The number of carboxylic acid groups (broad SMARTS) is 1. The molecular formula is C8H12N2O3S. The molecule has 1 aromatic heterocycles. The minimum atomic E-state index is -0.977. The molecule has 6 heteroatoms. The zero-order valence-corrected chi connectivity index (χ0v) is 8.58. The van der Waals surface area contributed by atoms with Crippen LogP contribution in [0.5, 0.6) is 0 Å². The van der Waals surface area contributed by atoms with Crippen LogP contribution in [0.1, 0.15) is 11.5 Å². The van der Waals surface area contributed by atoms with Crippen LogP contribution < -0.4 is 5.73 Å². The Balaban J connectivity index is 2.29. The van der Waals surface area contributed by atoms with Gasteiger partial charge in [-0.05, 0) is 6.92 Å². The van der Waals surface area contributed by atoms with Gasteiger partial charge < -0.3 is 15.3 Å². The Kier molecular flexibility index (Phi) is 3.97. The summed E-state index contributed by atoms with van der Waals surface area (Å²) in [6.45, 7) is 1.82. The van der Waals surface area contributed by atoms with Crippen molar-refractivity contribution in [3.8, 4) is 0 Å². The van der Waals surface area contributed by atoms with Crippen LogP contribution in [0.15, 0.2) is 10.8 Å². The van der Waals surface area contributed by atoms with Gasteiger partial charge in [0, 0.05) is 11.5 Å². The number of carboxylic acids is 1. The highest BCUT2D eigenvalue weighted by Crippen LogP contribution is 2.14. The van der Waals surface area contributed by atoms with E-state index in [9.17, 15) is 4.79 Å². The molecule has 14 heavy (non-hydrogen) atoms. The molecule has 1 aromatic rings. The number of aromatic nitrogens is 1. The predicted octanol–water partition coefficient (Wildman–Crippen LogP) is 0.628. The van der Waals surface area contributed by atoms with Crippen LogP contribution in [0.25, 0.3) is 0 Å². The third-order valence-corrected chi connectivity index (χ3v) is 2.77. The molecule has 0 amide bonds. The molecule has 0 spiro atoms. The van der Waals surface area contributed by atoms with Crippen LogP contribution in [0.2, 0.25) is 0 Å². The van der Waals surface area contributed by atoms with Crippen LogP contribution in [0, 0.1) is 6.92 Å². The van der Waals surface area contributed by atoms with Crippen molar-refractivity contribution in [1.82, 2.24) is 4.98 Å². The Morgan fingerprint density at radius 2 is 2.57 bits per heavy atom. The summed E-state index contributed by atoms with van der Waals surface area (Å²) in [6.07, 6.45) is 1.38. The third-order valence-electron chi connectivity index (χ3n) is 1.70. The van der Waals surface area contributed by atoms with Gasteiger partial charge >= 0.3 is 5.97 Å². The van der Waals surface area contributed by atoms with E-state index in [1.807, 2.05) is 6.92 Å². The Morgan fingerprint density at radius 1 is 1.86 bits per heavy atom. The molecule has 0 aliphatic rings. The van der Waals surface area contributed by atoms with E-state index in [0.29, 0.717) is 11.5 Å². The monoisotopic (exact) mass is 216 g/mol. The first-order valence-corrected chi connectivity index (χ1v) is 5.22. The number of thioether (sulfide) groups is 1. The smallest absolute Gasteiger partial charge is 0.321 e. The van der Waals surface area contributed by atoms with Crippen molar-refractivity contribution in [1.29, 1.82) is 0 Å². The van der Waals surface area contributed by atoms with Crippen molar-refractivity contribution < 1.29 is 14.3 Å². The number of hydrogen-bond acceptors (Lipinski definition) is 5. The molecular weight excluding hydrogens is 204 g/mol. The first kappa shape index (κ1) is 11.1. The number of rotatable bonds is 5. The number of hydrogen-bond donors (Lipinski definition) is 2. The topological polar surface area (TPSA) is 89.4 Å².